The second-order valence-electron chi connectivity index (χ2n) is 6.97. The minimum atomic E-state index is -0.828. The molecule has 7 heteroatoms. The lowest BCUT2D eigenvalue weighted by atomic mass is 9.95. The number of rotatable bonds is 7. The normalized spacial score (nSPS) is 18.6. The molecule has 1 atom stereocenters. The van der Waals surface area contributed by atoms with Crippen LogP contribution in [0.25, 0.3) is 5.76 Å². The molecule has 1 N–H and O–H groups in total. The molecule has 1 aromatic carbocycles. The topological polar surface area (TPSA) is 77.8 Å². The van der Waals surface area contributed by atoms with E-state index in [1.807, 2.05) is 0 Å². The van der Waals surface area contributed by atoms with E-state index in [-0.39, 0.29) is 5.57 Å². The molecule has 1 fully saturated rings. The first kappa shape index (κ1) is 20.7. The van der Waals surface area contributed by atoms with E-state index < -0.39 is 29.3 Å². The number of carbonyl (C=O) groups excluding carboxylic acids is 2. The van der Waals surface area contributed by atoms with Gasteiger partial charge in [0.25, 0.3) is 5.91 Å². The van der Waals surface area contributed by atoms with Gasteiger partial charge in [-0.2, -0.15) is 0 Å². The predicted octanol–water partition coefficient (Wildman–Crippen LogP) is 0.369. The summed E-state index contributed by atoms with van der Waals surface area (Å²) in [5.74, 6) is -2.41. The van der Waals surface area contributed by atoms with E-state index in [1.54, 1.807) is 0 Å². The smallest absolute Gasteiger partial charge is 0.295 e. The van der Waals surface area contributed by atoms with Crippen molar-refractivity contribution in [2.75, 3.05) is 26.2 Å². The Morgan fingerprint density at radius 3 is 2.31 bits per heavy atom. The molecule has 3 rings (SSSR count). The summed E-state index contributed by atoms with van der Waals surface area (Å²) in [5, 5.41) is 13.1. The number of nitrogens with one attached hydrogen (secondary N) is 1. The highest BCUT2D eigenvalue weighted by atomic mass is 19.1. The Balaban J connectivity index is 2.07. The van der Waals surface area contributed by atoms with Gasteiger partial charge in [-0.05, 0) is 49.2 Å². The van der Waals surface area contributed by atoms with Crippen LogP contribution < -0.4 is 10.0 Å². The van der Waals surface area contributed by atoms with Crippen molar-refractivity contribution in [1.29, 1.82) is 0 Å². The van der Waals surface area contributed by atoms with Gasteiger partial charge in [-0.25, -0.2) is 4.39 Å². The number of halogens is 1. The van der Waals surface area contributed by atoms with Gasteiger partial charge in [-0.15, -0.1) is 0 Å². The number of quaternary nitrogens is 1. The number of carbonyl (C=O) groups is 2. The summed E-state index contributed by atoms with van der Waals surface area (Å²) in [6, 6.07) is 7.77. The number of pyridine rings is 1. The molecule has 1 aromatic heterocycles. The Hall–Kier alpha value is -3.06. The van der Waals surface area contributed by atoms with Gasteiger partial charge in [0.15, 0.2) is 0 Å². The monoisotopic (exact) mass is 397 g/mol. The second kappa shape index (κ2) is 8.96. The summed E-state index contributed by atoms with van der Waals surface area (Å²) in [6.45, 7) is 6.87. The number of nitrogens with zero attached hydrogens (tertiary/aromatic N) is 2. The molecule has 2 heterocycles. The first-order chi connectivity index (χ1) is 14.0. The molecule has 1 unspecified atom stereocenters. The molecule has 6 nitrogen and oxygen atoms in total. The highest BCUT2D eigenvalue weighted by Crippen LogP contribution is 2.38. The van der Waals surface area contributed by atoms with Crippen molar-refractivity contribution < 1.29 is 24.0 Å². The molecule has 1 aliphatic heterocycles. The molecule has 0 spiro atoms. The van der Waals surface area contributed by atoms with Gasteiger partial charge in [0.05, 0.1) is 32.2 Å². The van der Waals surface area contributed by atoms with E-state index in [0.29, 0.717) is 24.2 Å². The minimum absolute atomic E-state index is 0.0950. The summed E-state index contributed by atoms with van der Waals surface area (Å²) in [4.78, 5) is 32.2. The summed E-state index contributed by atoms with van der Waals surface area (Å²) in [7, 11) is 0. The van der Waals surface area contributed by atoms with Crippen LogP contribution in [0.3, 0.4) is 0 Å². The molecule has 2 aromatic rings. The van der Waals surface area contributed by atoms with Gasteiger partial charge >= 0.3 is 0 Å². The summed E-state index contributed by atoms with van der Waals surface area (Å²) in [6.07, 6.45) is 2.92. The Labute approximate surface area is 169 Å². The fraction of sp³-hybridized carbons (Fsp3) is 0.318. The third-order valence-electron chi connectivity index (χ3n) is 5.36. The first-order valence-corrected chi connectivity index (χ1v) is 9.73. The molecular formula is C22H24FN3O3. The highest BCUT2D eigenvalue weighted by Gasteiger charge is 2.44. The Morgan fingerprint density at radius 1 is 1.10 bits per heavy atom. The molecule has 0 saturated carbocycles. The van der Waals surface area contributed by atoms with E-state index in [2.05, 4.69) is 18.8 Å². The minimum Gasteiger partial charge on any atom is -0.872 e. The maximum absolute atomic E-state index is 13.5. The maximum Gasteiger partial charge on any atom is 0.295 e. The maximum atomic E-state index is 13.5. The number of benzene rings is 1. The Kier molecular flexibility index (Phi) is 6.39. The van der Waals surface area contributed by atoms with Crippen molar-refractivity contribution in [2.45, 2.75) is 19.9 Å². The molecular weight excluding hydrogens is 373 g/mol. The number of hydrogen-bond donors (Lipinski definition) is 1. The van der Waals surface area contributed by atoms with Crippen LogP contribution in [0.4, 0.5) is 4.39 Å². The number of likely N-dealkylation sites (tertiary alicyclic amines) is 1. The van der Waals surface area contributed by atoms with Gasteiger partial charge in [0.1, 0.15) is 5.82 Å². The molecule has 152 valence electrons. The SMILES string of the molecule is CC[NH+](CC)CCN1C(=O)C(=O)/C(=C(/[O-])c2ccncc2)C1c1ccc(F)cc1. The lowest BCUT2D eigenvalue weighted by molar-refractivity contribution is -0.895. The zero-order valence-corrected chi connectivity index (χ0v) is 16.5. The zero-order chi connectivity index (χ0) is 21.0. The van der Waals surface area contributed by atoms with E-state index >= 15 is 0 Å². The van der Waals surface area contributed by atoms with Gasteiger partial charge in [0, 0.05) is 18.0 Å². The quantitative estimate of drug-likeness (QED) is 0.416. The number of Topliss-reactive ketones (excluding diaryl/α,β-unsaturated/α-hetero) is 1. The molecule has 1 aliphatic rings. The van der Waals surface area contributed by atoms with Crippen LogP contribution >= 0.6 is 0 Å². The van der Waals surface area contributed by atoms with Crippen molar-refractivity contribution in [1.82, 2.24) is 9.88 Å². The third-order valence-corrected chi connectivity index (χ3v) is 5.36. The summed E-state index contributed by atoms with van der Waals surface area (Å²) >= 11 is 0. The number of hydrogen-bond acceptors (Lipinski definition) is 4. The fourth-order valence-corrected chi connectivity index (χ4v) is 3.63. The van der Waals surface area contributed by atoms with Crippen molar-refractivity contribution in [2.24, 2.45) is 0 Å². The average Bonchev–Trinajstić information content (AvgIpc) is 3.00. The van der Waals surface area contributed by atoms with Crippen LogP contribution in [-0.2, 0) is 9.59 Å². The van der Waals surface area contributed by atoms with Crippen molar-refractivity contribution in [3.05, 3.63) is 71.3 Å². The van der Waals surface area contributed by atoms with Gasteiger partial charge in [-0.3, -0.25) is 14.6 Å². The zero-order valence-electron chi connectivity index (χ0n) is 16.5. The van der Waals surface area contributed by atoms with E-state index in [0.717, 1.165) is 13.1 Å². The van der Waals surface area contributed by atoms with Crippen LogP contribution in [-0.4, -0.2) is 47.8 Å². The molecule has 0 aliphatic carbocycles. The van der Waals surface area contributed by atoms with Crippen LogP contribution in [0.5, 0.6) is 0 Å². The number of likely N-dealkylation sites (N-methyl/N-ethyl adjacent to an activating group) is 1. The third kappa shape index (κ3) is 4.19. The lowest BCUT2D eigenvalue weighted by Crippen LogP contribution is -3.12. The Bertz CT molecular complexity index is 909. The van der Waals surface area contributed by atoms with Crippen LogP contribution in [0.15, 0.2) is 54.4 Å². The van der Waals surface area contributed by atoms with Gasteiger partial charge in [0.2, 0.25) is 5.78 Å². The Morgan fingerprint density at radius 2 is 1.72 bits per heavy atom. The standard InChI is InChI=1S/C22H24FN3O3/c1-3-25(4-2)13-14-26-19(15-5-7-17(23)8-6-15)18(21(28)22(26)29)20(27)16-9-11-24-12-10-16/h5-12,19,27H,3-4,13-14H2,1-2H3/b20-18+. The molecule has 1 amide bonds. The van der Waals surface area contributed by atoms with E-state index in [4.69, 9.17) is 0 Å². The largest absolute Gasteiger partial charge is 0.872 e. The molecule has 0 radical (unpaired) electrons. The second-order valence-corrected chi connectivity index (χ2v) is 6.97. The van der Waals surface area contributed by atoms with E-state index in [1.165, 1.54) is 58.6 Å². The average molecular weight is 397 g/mol. The van der Waals surface area contributed by atoms with Crippen LogP contribution in [0, 0.1) is 5.82 Å². The number of amides is 1. The molecule has 0 bridgehead atoms. The van der Waals surface area contributed by atoms with Gasteiger partial charge in [-0.1, -0.05) is 17.9 Å². The van der Waals surface area contributed by atoms with E-state index in [9.17, 15) is 19.1 Å². The predicted molar refractivity (Wildman–Crippen MR) is 104 cm³/mol. The van der Waals surface area contributed by atoms with Crippen molar-refractivity contribution in [3.63, 3.8) is 0 Å². The van der Waals surface area contributed by atoms with Crippen molar-refractivity contribution in [3.8, 4) is 0 Å². The summed E-state index contributed by atoms with van der Waals surface area (Å²) in [5.41, 5.74) is 0.736. The van der Waals surface area contributed by atoms with Crippen molar-refractivity contribution >= 4 is 17.4 Å². The summed E-state index contributed by atoms with van der Waals surface area (Å²) < 4.78 is 13.5. The fourth-order valence-electron chi connectivity index (χ4n) is 3.63. The lowest BCUT2D eigenvalue weighted by Gasteiger charge is -2.28. The van der Waals surface area contributed by atoms with Gasteiger partial charge < -0.3 is 14.9 Å². The first-order valence-electron chi connectivity index (χ1n) is 9.73. The highest BCUT2D eigenvalue weighted by molar-refractivity contribution is 6.46. The number of ketones is 1. The molecule has 29 heavy (non-hydrogen) atoms. The van der Waals surface area contributed by atoms with Crippen LogP contribution in [0.1, 0.15) is 31.0 Å². The van der Waals surface area contributed by atoms with Crippen LogP contribution in [0.2, 0.25) is 0 Å². The molecule has 1 saturated heterocycles. The number of aromatic nitrogens is 1.